The zero-order valence-electron chi connectivity index (χ0n) is 10.8. The average molecular weight is 280 g/mol. The highest BCUT2D eigenvalue weighted by molar-refractivity contribution is 7.80. The summed E-state index contributed by atoms with van der Waals surface area (Å²) in [5.41, 5.74) is 5.98. The van der Waals surface area contributed by atoms with Gasteiger partial charge < -0.3 is 15.8 Å². The van der Waals surface area contributed by atoms with E-state index in [2.05, 4.69) is 5.32 Å². The summed E-state index contributed by atoms with van der Waals surface area (Å²) in [6.07, 6.45) is 0.767. The van der Waals surface area contributed by atoms with Gasteiger partial charge in [-0.15, -0.1) is 0 Å². The Morgan fingerprint density at radius 2 is 2.26 bits per heavy atom. The molecule has 0 aliphatic carbocycles. The molecule has 0 aliphatic rings. The van der Waals surface area contributed by atoms with E-state index in [1.54, 1.807) is 25.1 Å². The predicted molar refractivity (Wildman–Crippen MR) is 75.7 cm³/mol. The Morgan fingerprint density at radius 1 is 1.58 bits per heavy atom. The molecule has 0 fully saturated rings. The molecular formula is C13H16N2O3S. The number of hydrogen-bond acceptors (Lipinski definition) is 4. The number of nitrogens with two attached hydrogens (primary N) is 1. The first-order chi connectivity index (χ1) is 8.92. The molecule has 5 nitrogen and oxygen atoms in total. The monoisotopic (exact) mass is 280 g/mol. The van der Waals surface area contributed by atoms with Crippen LogP contribution in [-0.2, 0) is 20.7 Å². The second-order valence-electron chi connectivity index (χ2n) is 4.33. The molecule has 0 aliphatic heterocycles. The van der Waals surface area contributed by atoms with E-state index in [-0.39, 0.29) is 11.4 Å². The zero-order chi connectivity index (χ0) is 14.5. The number of ether oxygens (including phenoxy) is 1. The average Bonchev–Trinajstić information content (AvgIpc) is 2.38. The third-order valence-corrected chi connectivity index (χ3v) is 3.02. The van der Waals surface area contributed by atoms with Crippen molar-refractivity contribution in [1.82, 2.24) is 5.32 Å². The maximum atomic E-state index is 11.8. The lowest BCUT2D eigenvalue weighted by Crippen LogP contribution is -2.51. The van der Waals surface area contributed by atoms with Crippen LogP contribution in [0.4, 0.5) is 0 Å². The molecule has 0 heterocycles. The summed E-state index contributed by atoms with van der Waals surface area (Å²) in [5, 5.41) is 2.49. The minimum atomic E-state index is -1.12. The highest BCUT2D eigenvalue weighted by Crippen LogP contribution is 2.16. The number of benzene rings is 1. The van der Waals surface area contributed by atoms with Gasteiger partial charge in [-0.05, 0) is 18.6 Å². The second-order valence-corrected chi connectivity index (χ2v) is 4.77. The van der Waals surface area contributed by atoms with E-state index in [1.807, 2.05) is 6.07 Å². The smallest absolute Gasteiger partial charge is 0.331 e. The van der Waals surface area contributed by atoms with E-state index in [0.717, 1.165) is 5.56 Å². The molecule has 0 unspecified atom stereocenters. The van der Waals surface area contributed by atoms with Gasteiger partial charge in [0.2, 0.25) is 6.41 Å². The van der Waals surface area contributed by atoms with Crippen LogP contribution < -0.4 is 11.1 Å². The molecule has 0 saturated carbocycles. The number of hydrogen-bond donors (Lipinski definition) is 2. The van der Waals surface area contributed by atoms with Crippen LogP contribution in [0.25, 0.3) is 0 Å². The molecule has 1 rings (SSSR count). The van der Waals surface area contributed by atoms with Crippen LogP contribution in [0.3, 0.4) is 0 Å². The molecule has 0 aromatic heterocycles. The number of esters is 1. The molecule has 0 bridgehead atoms. The SMILES string of the molecule is COC(=O)[C@](C)(Cc1cccc(C(N)=S)c1)NC=O. The minimum absolute atomic E-state index is 0.282. The van der Waals surface area contributed by atoms with Gasteiger partial charge >= 0.3 is 5.97 Å². The maximum Gasteiger partial charge on any atom is 0.331 e. The molecule has 102 valence electrons. The van der Waals surface area contributed by atoms with Crippen LogP contribution in [0.1, 0.15) is 18.1 Å². The van der Waals surface area contributed by atoms with Crippen molar-refractivity contribution in [1.29, 1.82) is 0 Å². The third-order valence-electron chi connectivity index (χ3n) is 2.78. The summed E-state index contributed by atoms with van der Waals surface area (Å²) >= 11 is 4.90. The van der Waals surface area contributed by atoms with E-state index in [1.165, 1.54) is 7.11 Å². The van der Waals surface area contributed by atoms with Crippen LogP contribution in [-0.4, -0.2) is 30.0 Å². The van der Waals surface area contributed by atoms with E-state index < -0.39 is 11.5 Å². The Morgan fingerprint density at radius 3 is 2.79 bits per heavy atom. The lowest BCUT2D eigenvalue weighted by Gasteiger charge is -2.26. The van der Waals surface area contributed by atoms with Gasteiger partial charge in [0.25, 0.3) is 0 Å². The molecule has 1 aromatic rings. The Balaban J connectivity index is 3.03. The lowest BCUT2D eigenvalue weighted by molar-refractivity contribution is -0.148. The fourth-order valence-electron chi connectivity index (χ4n) is 1.78. The molecule has 1 atom stereocenters. The van der Waals surface area contributed by atoms with E-state index in [9.17, 15) is 9.59 Å². The molecule has 0 radical (unpaired) electrons. The molecule has 0 saturated heterocycles. The summed E-state index contributed by atoms with van der Waals surface area (Å²) < 4.78 is 4.71. The number of methoxy groups -OCH3 is 1. The first-order valence-electron chi connectivity index (χ1n) is 5.61. The van der Waals surface area contributed by atoms with Gasteiger partial charge in [-0.2, -0.15) is 0 Å². The molecule has 0 spiro atoms. The molecule has 3 N–H and O–H groups in total. The van der Waals surface area contributed by atoms with Crippen molar-refractivity contribution in [2.45, 2.75) is 18.9 Å². The van der Waals surface area contributed by atoms with Crippen LogP contribution >= 0.6 is 12.2 Å². The highest BCUT2D eigenvalue weighted by atomic mass is 32.1. The molecule has 1 amide bonds. The number of thiocarbonyl (C=S) groups is 1. The van der Waals surface area contributed by atoms with Gasteiger partial charge in [-0.3, -0.25) is 4.79 Å². The number of carbonyl (C=O) groups is 2. The summed E-state index contributed by atoms with van der Waals surface area (Å²) in [7, 11) is 1.28. The topological polar surface area (TPSA) is 81.4 Å². The Bertz CT molecular complexity index is 504. The summed E-state index contributed by atoms with van der Waals surface area (Å²) in [6.45, 7) is 1.60. The highest BCUT2D eigenvalue weighted by Gasteiger charge is 2.34. The summed E-state index contributed by atoms with van der Waals surface area (Å²) in [5.74, 6) is -0.514. The predicted octanol–water partition coefficient (Wildman–Crippen LogP) is 0.541. The lowest BCUT2D eigenvalue weighted by atomic mass is 9.92. The zero-order valence-corrected chi connectivity index (χ0v) is 11.6. The Kier molecular flexibility index (Phi) is 5.00. The first-order valence-corrected chi connectivity index (χ1v) is 6.02. The van der Waals surface area contributed by atoms with E-state index >= 15 is 0 Å². The normalized spacial score (nSPS) is 13.2. The van der Waals surface area contributed by atoms with E-state index in [4.69, 9.17) is 22.7 Å². The van der Waals surface area contributed by atoms with Gasteiger partial charge in [-0.1, -0.05) is 30.4 Å². The molecule has 1 aromatic carbocycles. The summed E-state index contributed by atoms with van der Waals surface area (Å²) in [6, 6.07) is 7.20. The number of carbonyl (C=O) groups excluding carboxylic acids is 2. The van der Waals surface area contributed by atoms with Crippen molar-refractivity contribution < 1.29 is 14.3 Å². The van der Waals surface area contributed by atoms with Gasteiger partial charge in [0, 0.05) is 12.0 Å². The van der Waals surface area contributed by atoms with Crippen molar-refractivity contribution in [3.8, 4) is 0 Å². The van der Waals surface area contributed by atoms with Crippen molar-refractivity contribution in [3.63, 3.8) is 0 Å². The van der Waals surface area contributed by atoms with Crippen LogP contribution in [0, 0.1) is 0 Å². The Labute approximate surface area is 117 Å². The molecular weight excluding hydrogens is 264 g/mol. The second kappa shape index (κ2) is 6.29. The van der Waals surface area contributed by atoms with Crippen LogP contribution in [0.2, 0.25) is 0 Å². The standard InChI is InChI=1S/C13H16N2O3S/c1-13(15-8-16,12(17)18-2)7-9-4-3-5-10(6-9)11(14)19/h3-6,8H,7H2,1-2H3,(H2,14,19)(H,15,16)/t13-/m0/s1. The van der Waals surface area contributed by atoms with Gasteiger partial charge in [0.15, 0.2) is 0 Å². The largest absolute Gasteiger partial charge is 0.467 e. The quantitative estimate of drug-likeness (QED) is 0.451. The van der Waals surface area contributed by atoms with Gasteiger partial charge in [-0.25, -0.2) is 4.79 Å². The number of nitrogens with one attached hydrogen (secondary N) is 1. The number of amides is 1. The first kappa shape index (κ1) is 15.1. The molecule has 6 heteroatoms. The van der Waals surface area contributed by atoms with Crippen LogP contribution in [0.5, 0.6) is 0 Å². The van der Waals surface area contributed by atoms with Crippen molar-refractivity contribution >= 4 is 29.6 Å². The fraction of sp³-hybridized carbons (Fsp3) is 0.308. The van der Waals surface area contributed by atoms with Gasteiger partial charge in [0.05, 0.1) is 7.11 Å². The number of rotatable bonds is 6. The molecule has 19 heavy (non-hydrogen) atoms. The van der Waals surface area contributed by atoms with Crippen molar-refractivity contribution in [3.05, 3.63) is 35.4 Å². The van der Waals surface area contributed by atoms with Crippen molar-refractivity contribution in [2.75, 3.05) is 7.11 Å². The van der Waals surface area contributed by atoms with Gasteiger partial charge in [0.1, 0.15) is 10.5 Å². The fourth-order valence-corrected chi connectivity index (χ4v) is 1.91. The summed E-state index contributed by atoms with van der Waals surface area (Å²) in [4.78, 5) is 22.7. The maximum absolute atomic E-state index is 11.8. The van der Waals surface area contributed by atoms with Crippen molar-refractivity contribution in [2.24, 2.45) is 5.73 Å². The third kappa shape index (κ3) is 3.75. The van der Waals surface area contributed by atoms with Crippen LogP contribution in [0.15, 0.2) is 24.3 Å². The van der Waals surface area contributed by atoms with E-state index in [0.29, 0.717) is 12.0 Å². The minimum Gasteiger partial charge on any atom is -0.467 e. The Hall–Kier alpha value is -1.95.